The first kappa shape index (κ1) is 26.9. The fourth-order valence-electron chi connectivity index (χ4n) is 4.61. The Morgan fingerprint density at radius 2 is 1.62 bits per heavy atom. The van der Waals surface area contributed by atoms with Crippen LogP contribution >= 0.6 is 0 Å². The summed E-state index contributed by atoms with van der Waals surface area (Å²) in [7, 11) is -3.56. The van der Waals surface area contributed by atoms with E-state index >= 15 is 0 Å². The van der Waals surface area contributed by atoms with Crippen LogP contribution in [0.5, 0.6) is 5.75 Å². The standard InChI is InChI=1S/C26H30N2O4S.CH3NO2/c29-33(30,28-17-12-23-13-19-32-26(23)20-28)25-10-6-22(7-11-25)21-4-8-24(9-5-21)31-18-3-16-27-14-1-2-15-27;3-1-2-4/h4-11,13,19H,1-3,12,14-18,20H2;1,4H,(H,2,3). The van der Waals surface area contributed by atoms with Crippen LogP contribution in [0, 0.1) is 0 Å². The van der Waals surface area contributed by atoms with Crippen LogP contribution < -0.4 is 10.2 Å². The Bertz CT molecular complexity index is 1240. The molecule has 2 aromatic carbocycles. The molecule has 1 aromatic heterocycles. The third-order valence-corrected chi connectivity index (χ3v) is 8.47. The quantitative estimate of drug-likeness (QED) is 0.189. The molecule has 0 radical (unpaired) electrons. The number of furan rings is 1. The molecule has 0 unspecified atom stereocenters. The Labute approximate surface area is 217 Å². The molecule has 3 heterocycles. The van der Waals surface area contributed by atoms with E-state index in [-0.39, 0.29) is 13.0 Å². The van der Waals surface area contributed by atoms with Crippen molar-refractivity contribution in [2.75, 3.05) is 32.8 Å². The van der Waals surface area contributed by atoms with Crippen LogP contribution in [0.15, 0.2) is 70.2 Å². The van der Waals surface area contributed by atoms with E-state index in [4.69, 9.17) is 19.2 Å². The number of fused-ring (bicyclic) bond motifs is 1. The van der Waals surface area contributed by atoms with Crippen molar-refractivity contribution in [3.05, 3.63) is 72.2 Å². The summed E-state index contributed by atoms with van der Waals surface area (Å²) in [4.78, 5) is 11.6. The van der Waals surface area contributed by atoms with E-state index in [1.54, 1.807) is 18.4 Å². The maximum Gasteiger partial charge on any atom is 0.243 e. The summed E-state index contributed by atoms with van der Waals surface area (Å²) in [6.07, 6.45) is 6.16. The van der Waals surface area contributed by atoms with E-state index in [0.717, 1.165) is 47.8 Å². The first-order chi connectivity index (χ1) is 18.0. The van der Waals surface area contributed by atoms with E-state index in [1.807, 2.05) is 42.5 Å². The zero-order valence-corrected chi connectivity index (χ0v) is 21.5. The summed E-state index contributed by atoms with van der Waals surface area (Å²) in [5.41, 5.74) is 4.35. The minimum atomic E-state index is -3.56. The molecule has 0 spiro atoms. The van der Waals surface area contributed by atoms with E-state index in [0.29, 0.717) is 17.9 Å². The molecule has 5 rings (SSSR count). The lowest BCUT2D eigenvalue weighted by atomic mass is 10.1. The summed E-state index contributed by atoms with van der Waals surface area (Å²) >= 11 is 0. The Hall–Kier alpha value is -3.18. The summed E-state index contributed by atoms with van der Waals surface area (Å²) in [6.45, 7) is 5.02. The molecule has 2 aliphatic heterocycles. The van der Waals surface area contributed by atoms with Crippen LogP contribution in [0.1, 0.15) is 30.6 Å². The van der Waals surface area contributed by atoms with Gasteiger partial charge in [0.1, 0.15) is 11.5 Å². The molecule has 0 saturated carbocycles. The highest BCUT2D eigenvalue weighted by molar-refractivity contribution is 7.89. The van der Waals surface area contributed by atoms with Crippen LogP contribution in [0.3, 0.4) is 0 Å². The van der Waals surface area contributed by atoms with Crippen molar-refractivity contribution in [3.8, 4) is 16.9 Å². The smallest absolute Gasteiger partial charge is 0.243 e. The largest absolute Gasteiger partial charge is 0.494 e. The second kappa shape index (κ2) is 12.9. The number of amides is 1. The Morgan fingerprint density at radius 3 is 2.27 bits per heavy atom. The van der Waals surface area contributed by atoms with Gasteiger partial charge in [0.25, 0.3) is 0 Å². The number of benzene rings is 2. The number of nitrogens with zero attached hydrogens (tertiary/aromatic N) is 2. The van der Waals surface area contributed by atoms with Crippen molar-refractivity contribution in [3.63, 3.8) is 0 Å². The lowest BCUT2D eigenvalue weighted by molar-refractivity contribution is -0.116. The molecule has 0 aliphatic carbocycles. The van der Waals surface area contributed by atoms with Crippen LogP contribution in [0.25, 0.3) is 11.1 Å². The lowest BCUT2D eigenvalue weighted by Gasteiger charge is -2.25. The van der Waals surface area contributed by atoms with Crippen LogP contribution in [0.4, 0.5) is 0 Å². The zero-order chi connectivity index (χ0) is 26.1. The average molecular weight is 528 g/mol. The fourth-order valence-corrected chi connectivity index (χ4v) is 6.01. The molecule has 10 heteroatoms. The van der Waals surface area contributed by atoms with E-state index in [1.165, 1.54) is 35.7 Å². The van der Waals surface area contributed by atoms with Crippen molar-refractivity contribution >= 4 is 16.4 Å². The molecule has 1 amide bonds. The number of hydroxylamine groups is 1. The molecular weight excluding hydrogens is 494 g/mol. The van der Waals surface area contributed by atoms with Crippen molar-refractivity contribution in [2.24, 2.45) is 0 Å². The van der Waals surface area contributed by atoms with E-state index in [2.05, 4.69) is 4.90 Å². The number of sulfonamides is 1. The van der Waals surface area contributed by atoms with Crippen molar-refractivity contribution in [1.29, 1.82) is 0 Å². The molecule has 2 N–H and O–H groups in total. The van der Waals surface area contributed by atoms with E-state index in [9.17, 15) is 8.42 Å². The predicted octanol–water partition coefficient (Wildman–Crippen LogP) is 3.68. The molecule has 1 fully saturated rings. The van der Waals surface area contributed by atoms with Gasteiger partial charge in [0, 0.05) is 13.1 Å². The summed E-state index contributed by atoms with van der Waals surface area (Å²) in [6, 6.07) is 17.0. The first-order valence-corrected chi connectivity index (χ1v) is 13.9. The average Bonchev–Trinajstić information content (AvgIpc) is 3.63. The Balaban J connectivity index is 0.000000747. The summed E-state index contributed by atoms with van der Waals surface area (Å²) in [5.74, 6) is 1.60. The van der Waals surface area contributed by atoms with Crippen LogP contribution in [-0.4, -0.2) is 62.0 Å². The van der Waals surface area contributed by atoms with Gasteiger partial charge in [0.2, 0.25) is 16.4 Å². The van der Waals surface area contributed by atoms with Crippen LogP contribution in [-0.2, 0) is 27.8 Å². The molecule has 198 valence electrons. The monoisotopic (exact) mass is 527 g/mol. The normalized spacial score (nSPS) is 15.9. The highest BCUT2D eigenvalue weighted by Crippen LogP contribution is 2.28. The molecule has 3 aromatic rings. The van der Waals surface area contributed by atoms with Crippen LogP contribution in [0.2, 0.25) is 0 Å². The maximum atomic E-state index is 13.1. The minimum Gasteiger partial charge on any atom is -0.494 e. The minimum absolute atomic E-state index is 0.181. The lowest BCUT2D eigenvalue weighted by Crippen LogP contribution is -2.35. The topological polar surface area (TPSA) is 112 Å². The summed E-state index contributed by atoms with van der Waals surface area (Å²) < 4.78 is 39.0. The third kappa shape index (κ3) is 6.98. The number of carbonyl (C=O) groups excluding carboxylic acids is 1. The van der Waals surface area contributed by atoms with Crippen molar-refractivity contribution in [1.82, 2.24) is 14.7 Å². The third-order valence-electron chi connectivity index (χ3n) is 6.61. The number of hydrogen-bond acceptors (Lipinski definition) is 7. The van der Waals surface area contributed by atoms with Gasteiger partial charge in [-0.05, 0) is 85.8 Å². The van der Waals surface area contributed by atoms with Gasteiger partial charge in [0.15, 0.2) is 0 Å². The van der Waals surface area contributed by atoms with Gasteiger partial charge in [-0.25, -0.2) is 13.9 Å². The van der Waals surface area contributed by atoms with Gasteiger partial charge in [-0.1, -0.05) is 24.3 Å². The van der Waals surface area contributed by atoms with Gasteiger partial charge in [0.05, 0.1) is 24.3 Å². The zero-order valence-electron chi connectivity index (χ0n) is 20.7. The number of nitrogens with one attached hydrogen (secondary N) is 1. The predicted molar refractivity (Wildman–Crippen MR) is 139 cm³/mol. The fraction of sp³-hybridized carbons (Fsp3) is 0.370. The molecule has 1 saturated heterocycles. The maximum absolute atomic E-state index is 13.1. The second-order valence-corrected chi connectivity index (χ2v) is 10.9. The molecular formula is C27H33N3O6S. The number of ether oxygens (including phenoxy) is 1. The molecule has 37 heavy (non-hydrogen) atoms. The highest BCUT2D eigenvalue weighted by Gasteiger charge is 2.29. The summed E-state index contributed by atoms with van der Waals surface area (Å²) in [5, 5.41) is 7.26. The number of likely N-dealkylation sites (tertiary alicyclic amines) is 1. The highest BCUT2D eigenvalue weighted by atomic mass is 32.2. The number of carbonyl (C=O) groups is 1. The van der Waals surface area contributed by atoms with E-state index < -0.39 is 10.0 Å². The molecule has 9 nitrogen and oxygen atoms in total. The first-order valence-electron chi connectivity index (χ1n) is 12.5. The van der Waals surface area contributed by atoms with Crippen molar-refractivity contribution < 1.29 is 27.6 Å². The molecule has 2 aliphatic rings. The van der Waals surface area contributed by atoms with Gasteiger partial charge >= 0.3 is 0 Å². The van der Waals surface area contributed by atoms with Gasteiger partial charge in [-0.2, -0.15) is 4.31 Å². The molecule has 0 atom stereocenters. The van der Waals surface area contributed by atoms with Gasteiger partial charge < -0.3 is 14.1 Å². The Kier molecular flexibility index (Phi) is 9.34. The Morgan fingerprint density at radius 1 is 0.973 bits per heavy atom. The number of rotatable bonds is 9. The molecule has 0 bridgehead atoms. The number of hydrogen-bond donors (Lipinski definition) is 2. The van der Waals surface area contributed by atoms with Crippen molar-refractivity contribution in [2.45, 2.75) is 37.1 Å². The van der Waals surface area contributed by atoms with Gasteiger partial charge in [-0.3, -0.25) is 10.0 Å². The van der Waals surface area contributed by atoms with Gasteiger partial charge in [-0.15, -0.1) is 0 Å². The second-order valence-electron chi connectivity index (χ2n) is 9.00. The SMILES string of the molecule is O=CNO.O=S(=O)(c1ccc(-c2ccc(OCCCN3CCCC3)cc2)cc1)N1CCc2ccoc2C1.